The third kappa shape index (κ3) is 11.5. The number of aliphatic imine (C=N–C) groups is 2. The van der Waals surface area contributed by atoms with Crippen LogP contribution < -0.4 is 16.8 Å². The predicted molar refractivity (Wildman–Crippen MR) is 131 cm³/mol. The number of pyridine rings is 1. The average Bonchev–Trinajstić information content (AvgIpc) is 2.79. The summed E-state index contributed by atoms with van der Waals surface area (Å²) in [5, 5.41) is 11.5. The van der Waals surface area contributed by atoms with Gasteiger partial charge < -0.3 is 22.2 Å². The Bertz CT molecular complexity index is 690. The minimum absolute atomic E-state index is 0.191. The molecule has 1 aromatic heterocycles. The molecular weight excluding hydrogens is 386 g/mol. The van der Waals surface area contributed by atoms with Gasteiger partial charge in [0.05, 0.1) is 0 Å². The third-order valence-corrected chi connectivity index (χ3v) is 5.59. The van der Waals surface area contributed by atoms with Gasteiger partial charge in [-0.05, 0) is 63.5 Å². The number of amidine groups is 1. The van der Waals surface area contributed by atoms with Crippen molar-refractivity contribution in [1.82, 2.24) is 10.3 Å². The van der Waals surface area contributed by atoms with E-state index in [1.807, 2.05) is 6.20 Å². The first-order valence-corrected chi connectivity index (χ1v) is 12.0. The molecule has 7 nitrogen and oxygen atoms in total. The standard InChI is InChI=1S/C24H41N7/c25-21(11-6-4-2-1-3-5-9-16-30-24(26)27)12-7-8-13-22-15-14-20(19-31-22)23-28-17-10-18-29-23/h14-15,19,25H,1-13,16-18H2,(H,28,29)(H4,26,27,30). The van der Waals surface area contributed by atoms with Gasteiger partial charge in [0.1, 0.15) is 5.84 Å². The zero-order valence-corrected chi connectivity index (χ0v) is 19.0. The van der Waals surface area contributed by atoms with E-state index in [-0.39, 0.29) is 5.96 Å². The quantitative estimate of drug-likeness (QED) is 0.181. The average molecular weight is 428 g/mol. The Morgan fingerprint density at radius 3 is 2.32 bits per heavy atom. The Morgan fingerprint density at radius 2 is 1.68 bits per heavy atom. The maximum Gasteiger partial charge on any atom is 0.185 e. The minimum atomic E-state index is 0.191. The van der Waals surface area contributed by atoms with Crippen LogP contribution in [0.1, 0.15) is 88.3 Å². The molecule has 7 heteroatoms. The maximum atomic E-state index is 8.17. The van der Waals surface area contributed by atoms with Crippen LogP contribution in [-0.4, -0.2) is 42.1 Å². The molecule has 1 aromatic rings. The van der Waals surface area contributed by atoms with Gasteiger partial charge >= 0.3 is 0 Å². The maximum absolute atomic E-state index is 8.17. The topological polar surface area (TPSA) is 126 Å². The normalized spacial score (nSPS) is 13.4. The van der Waals surface area contributed by atoms with Gasteiger partial charge in [-0.25, -0.2) is 0 Å². The largest absolute Gasteiger partial charge is 0.370 e. The highest BCUT2D eigenvalue weighted by atomic mass is 15.0. The summed E-state index contributed by atoms with van der Waals surface area (Å²) in [6, 6.07) is 4.23. The van der Waals surface area contributed by atoms with Crippen molar-refractivity contribution >= 4 is 17.5 Å². The third-order valence-electron chi connectivity index (χ3n) is 5.59. The van der Waals surface area contributed by atoms with Crippen LogP contribution in [0.4, 0.5) is 0 Å². The minimum Gasteiger partial charge on any atom is -0.370 e. The van der Waals surface area contributed by atoms with Crippen LogP contribution >= 0.6 is 0 Å². The summed E-state index contributed by atoms with van der Waals surface area (Å²) >= 11 is 0. The number of guanidine groups is 1. The van der Waals surface area contributed by atoms with Crippen molar-refractivity contribution < 1.29 is 0 Å². The second-order valence-corrected chi connectivity index (χ2v) is 8.39. The molecule has 1 aliphatic heterocycles. The molecule has 1 aliphatic rings. The highest BCUT2D eigenvalue weighted by Gasteiger charge is 2.07. The molecular formula is C24H41N7. The molecule has 0 radical (unpaired) electrons. The van der Waals surface area contributed by atoms with E-state index in [9.17, 15) is 0 Å². The zero-order valence-electron chi connectivity index (χ0n) is 19.0. The monoisotopic (exact) mass is 427 g/mol. The smallest absolute Gasteiger partial charge is 0.185 e. The number of unbranched alkanes of at least 4 members (excludes halogenated alkanes) is 7. The number of hydrogen-bond donors (Lipinski definition) is 4. The molecule has 0 aromatic carbocycles. The highest BCUT2D eigenvalue weighted by Crippen LogP contribution is 2.12. The molecule has 0 aliphatic carbocycles. The molecule has 0 atom stereocenters. The van der Waals surface area contributed by atoms with E-state index >= 15 is 0 Å². The van der Waals surface area contributed by atoms with Crippen LogP contribution in [0.2, 0.25) is 0 Å². The second kappa shape index (κ2) is 15.4. The van der Waals surface area contributed by atoms with Gasteiger partial charge in [-0.1, -0.05) is 32.1 Å². The molecule has 2 heterocycles. The molecule has 0 unspecified atom stereocenters. The van der Waals surface area contributed by atoms with Gasteiger partial charge in [0.15, 0.2) is 5.96 Å². The fourth-order valence-corrected chi connectivity index (χ4v) is 3.75. The number of nitrogens with zero attached hydrogens (tertiary/aromatic N) is 3. The molecule has 172 valence electrons. The van der Waals surface area contributed by atoms with Crippen molar-refractivity contribution in [3.63, 3.8) is 0 Å². The second-order valence-electron chi connectivity index (χ2n) is 8.39. The van der Waals surface area contributed by atoms with Crippen molar-refractivity contribution in [3.8, 4) is 0 Å². The SMILES string of the molecule is N=C(CCCCCCCCCN=C(N)N)CCCCc1ccc(C2=NCCCN2)cn1. The number of hydrogen-bond acceptors (Lipinski definition) is 5. The summed E-state index contributed by atoms with van der Waals surface area (Å²) in [7, 11) is 0. The zero-order chi connectivity index (χ0) is 22.2. The molecule has 0 spiro atoms. The fraction of sp³-hybridized carbons (Fsp3) is 0.667. The van der Waals surface area contributed by atoms with E-state index in [2.05, 4.69) is 32.4 Å². The van der Waals surface area contributed by atoms with Gasteiger partial charge in [0.25, 0.3) is 0 Å². The van der Waals surface area contributed by atoms with Crippen LogP contribution in [-0.2, 0) is 6.42 Å². The van der Waals surface area contributed by atoms with Crippen LogP contribution in [0, 0.1) is 5.41 Å². The van der Waals surface area contributed by atoms with Crippen molar-refractivity contribution in [1.29, 1.82) is 5.41 Å². The lowest BCUT2D eigenvalue weighted by Gasteiger charge is -2.14. The number of nitrogens with one attached hydrogen (secondary N) is 2. The first-order valence-electron chi connectivity index (χ1n) is 12.0. The van der Waals surface area contributed by atoms with Crippen LogP contribution in [0.25, 0.3) is 0 Å². The van der Waals surface area contributed by atoms with Crippen molar-refractivity contribution in [3.05, 3.63) is 29.6 Å². The van der Waals surface area contributed by atoms with Crippen LogP contribution in [0.15, 0.2) is 28.3 Å². The van der Waals surface area contributed by atoms with Gasteiger partial charge in [0, 0.05) is 42.8 Å². The molecule has 31 heavy (non-hydrogen) atoms. The fourth-order valence-electron chi connectivity index (χ4n) is 3.75. The summed E-state index contributed by atoms with van der Waals surface area (Å²) in [6.07, 6.45) is 16.5. The van der Waals surface area contributed by atoms with E-state index in [1.165, 1.54) is 32.1 Å². The first-order chi connectivity index (χ1) is 15.1. The van der Waals surface area contributed by atoms with E-state index in [0.717, 1.165) is 93.8 Å². The van der Waals surface area contributed by atoms with Crippen LogP contribution in [0.3, 0.4) is 0 Å². The molecule has 0 saturated carbocycles. The predicted octanol–water partition coefficient (Wildman–Crippen LogP) is 3.95. The Kier molecular flexibility index (Phi) is 12.3. The van der Waals surface area contributed by atoms with E-state index < -0.39 is 0 Å². The number of aromatic nitrogens is 1. The molecule has 6 N–H and O–H groups in total. The van der Waals surface area contributed by atoms with Crippen molar-refractivity contribution in [2.75, 3.05) is 19.6 Å². The number of aryl methyl sites for hydroxylation is 1. The number of rotatable bonds is 16. The lowest BCUT2D eigenvalue weighted by molar-refractivity contribution is 0.585. The Hall–Kier alpha value is -2.44. The molecule has 0 fully saturated rings. The molecule has 2 rings (SSSR count). The summed E-state index contributed by atoms with van der Waals surface area (Å²) in [5.74, 6) is 1.16. The Balaban J connectivity index is 1.44. The molecule has 0 amide bonds. The summed E-state index contributed by atoms with van der Waals surface area (Å²) in [6.45, 7) is 2.64. The number of nitrogens with two attached hydrogens (primary N) is 2. The highest BCUT2D eigenvalue weighted by molar-refractivity contribution is 5.98. The van der Waals surface area contributed by atoms with E-state index in [1.54, 1.807) is 0 Å². The lowest BCUT2D eigenvalue weighted by atomic mass is 10.0. The molecule has 0 saturated heterocycles. The van der Waals surface area contributed by atoms with Crippen molar-refractivity contribution in [2.24, 2.45) is 21.5 Å². The summed E-state index contributed by atoms with van der Waals surface area (Å²) in [5.41, 5.74) is 13.7. The van der Waals surface area contributed by atoms with Crippen molar-refractivity contribution in [2.45, 2.75) is 83.5 Å². The van der Waals surface area contributed by atoms with Gasteiger partial charge in [-0.15, -0.1) is 0 Å². The Labute approximate surface area is 187 Å². The van der Waals surface area contributed by atoms with E-state index in [4.69, 9.17) is 16.9 Å². The first kappa shape index (κ1) is 24.8. The summed E-state index contributed by atoms with van der Waals surface area (Å²) < 4.78 is 0. The summed E-state index contributed by atoms with van der Waals surface area (Å²) in [4.78, 5) is 13.1. The lowest BCUT2D eigenvalue weighted by Crippen LogP contribution is -2.30. The van der Waals surface area contributed by atoms with E-state index in [0.29, 0.717) is 0 Å². The van der Waals surface area contributed by atoms with Crippen LogP contribution in [0.5, 0.6) is 0 Å². The Morgan fingerprint density at radius 1 is 0.968 bits per heavy atom. The van der Waals surface area contributed by atoms with Gasteiger partial charge in [-0.3, -0.25) is 15.0 Å². The van der Waals surface area contributed by atoms with Gasteiger partial charge in [-0.2, -0.15) is 0 Å². The van der Waals surface area contributed by atoms with Gasteiger partial charge in [0.2, 0.25) is 0 Å². The molecule has 0 bridgehead atoms.